The minimum absolute atomic E-state index is 0.135. The van der Waals surface area contributed by atoms with Gasteiger partial charge in [-0.25, -0.2) is 9.50 Å². The van der Waals surface area contributed by atoms with Gasteiger partial charge in [0.25, 0.3) is 11.7 Å². The number of nitrogens with zero attached hydrogens (tertiary/aromatic N) is 8. The maximum Gasteiger partial charge on any atom is 0.293 e. The van der Waals surface area contributed by atoms with Crippen LogP contribution in [0.3, 0.4) is 0 Å². The van der Waals surface area contributed by atoms with Gasteiger partial charge in [-0.15, -0.1) is 10.2 Å². The van der Waals surface area contributed by atoms with Crippen molar-refractivity contribution in [3.05, 3.63) is 36.2 Å². The third kappa shape index (κ3) is 3.96. The fourth-order valence-corrected chi connectivity index (χ4v) is 3.57. The highest BCUT2D eigenvalue weighted by molar-refractivity contribution is 5.90. The molecule has 3 aromatic rings. The number of hydrogen-bond acceptors (Lipinski definition) is 6. The van der Waals surface area contributed by atoms with Crippen molar-refractivity contribution in [1.29, 1.82) is 0 Å². The Morgan fingerprint density at radius 2 is 2.26 bits per heavy atom. The molecule has 3 aromatic heterocycles. The SMILES string of the molecule is CC(C)Cc1cn(C[C@H]2CCCN(C(=O)c3nc4ncccn4n3)C2)nn1. The molecule has 27 heavy (non-hydrogen) atoms. The second kappa shape index (κ2) is 7.42. The molecule has 4 heterocycles. The third-order valence-electron chi connectivity index (χ3n) is 4.76. The van der Waals surface area contributed by atoms with Gasteiger partial charge in [0.2, 0.25) is 5.82 Å². The first-order valence-corrected chi connectivity index (χ1v) is 9.44. The Morgan fingerprint density at radius 1 is 1.37 bits per heavy atom. The predicted molar refractivity (Wildman–Crippen MR) is 98.0 cm³/mol. The molecule has 0 aliphatic carbocycles. The summed E-state index contributed by atoms with van der Waals surface area (Å²) in [4.78, 5) is 23.0. The number of fused-ring (bicyclic) bond motifs is 1. The van der Waals surface area contributed by atoms with Gasteiger partial charge in [-0.2, -0.15) is 4.98 Å². The van der Waals surface area contributed by atoms with E-state index in [0.29, 0.717) is 24.2 Å². The highest BCUT2D eigenvalue weighted by Gasteiger charge is 2.27. The summed E-state index contributed by atoms with van der Waals surface area (Å²) < 4.78 is 3.43. The first-order chi connectivity index (χ1) is 13.1. The van der Waals surface area contributed by atoms with Crippen LogP contribution >= 0.6 is 0 Å². The second-order valence-electron chi connectivity index (χ2n) is 7.59. The molecule has 9 heteroatoms. The van der Waals surface area contributed by atoms with Gasteiger partial charge in [0, 0.05) is 38.2 Å². The number of rotatable bonds is 5. The molecule has 0 unspecified atom stereocenters. The van der Waals surface area contributed by atoms with Crippen LogP contribution in [0, 0.1) is 11.8 Å². The lowest BCUT2D eigenvalue weighted by Gasteiger charge is -2.31. The zero-order valence-corrected chi connectivity index (χ0v) is 15.7. The van der Waals surface area contributed by atoms with E-state index in [2.05, 4.69) is 39.2 Å². The van der Waals surface area contributed by atoms with Gasteiger partial charge in [0.05, 0.1) is 5.69 Å². The average Bonchev–Trinajstić information content (AvgIpc) is 3.27. The first-order valence-electron chi connectivity index (χ1n) is 9.44. The van der Waals surface area contributed by atoms with Gasteiger partial charge in [-0.1, -0.05) is 19.1 Å². The Kier molecular flexibility index (Phi) is 4.83. The van der Waals surface area contributed by atoms with E-state index >= 15 is 0 Å². The molecule has 1 amide bonds. The van der Waals surface area contributed by atoms with Gasteiger partial charge in [0.1, 0.15) is 0 Å². The minimum atomic E-state index is -0.135. The van der Waals surface area contributed by atoms with Crippen molar-refractivity contribution in [2.45, 2.75) is 39.7 Å². The van der Waals surface area contributed by atoms with Gasteiger partial charge in [-0.05, 0) is 37.2 Å². The van der Waals surface area contributed by atoms with E-state index in [1.54, 1.807) is 18.5 Å². The highest BCUT2D eigenvalue weighted by atomic mass is 16.2. The normalized spacial score (nSPS) is 17.7. The molecular weight excluding hydrogens is 344 g/mol. The van der Waals surface area contributed by atoms with E-state index in [-0.39, 0.29) is 11.7 Å². The Labute approximate surface area is 157 Å². The number of aromatic nitrogens is 7. The first kappa shape index (κ1) is 17.6. The topological polar surface area (TPSA) is 94.1 Å². The summed E-state index contributed by atoms with van der Waals surface area (Å²) in [5, 5.41) is 12.7. The summed E-state index contributed by atoms with van der Waals surface area (Å²) in [6.45, 7) is 6.53. The van der Waals surface area contributed by atoms with E-state index in [1.165, 1.54) is 4.52 Å². The summed E-state index contributed by atoms with van der Waals surface area (Å²) >= 11 is 0. The maximum absolute atomic E-state index is 12.8. The van der Waals surface area contributed by atoms with E-state index in [0.717, 1.165) is 38.0 Å². The van der Waals surface area contributed by atoms with Crippen molar-refractivity contribution >= 4 is 11.7 Å². The molecule has 4 rings (SSSR count). The Hall–Kier alpha value is -2.84. The predicted octanol–water partition coefficient (Wildman–Crippen LogP) is 1.47. The van der Waals surface area contributed by atoms with Crippen LogP contribution in [0.1, 0.15) is 43.0 Å². The molecule has 1 fully saturated rings. The molecule has 1 saturated heterocycles. The molecule has 0 spiro atoms. The van der Waals surface area contributed by atoms with Gasteiger partial charge < -0.3 is 4.90 Å². The van der Waals surface area contributed by atoms with Crippen LogP contribution in [0.15, 0.2) is 24.7 Å². The Morgan fingerprint density at radius 3 is 3.07 bits per heavy atom. The highest BCUT2D eigenvalue weighted by Crippen LogP contribution is 2.20. The van der Waals surface area contributed by atoms with Gasteiger partial charge >= 0.3 is 0 Å². The number of carbonyl (C=O) groups is 1. The summed E-state index contributed by atoms with van der Waals surface area (Å²) in [5.41, 5.74) is 1.02. The van der Waals surface area contributed by atoms with Crippen LogP contribution in [0.5, 0.6) is 0 Å². The van der Waals surface area contributed by atoms with Crippen LogP contribution < -0.4 is 0 Å². The Balaban J connectivity index is 1.41. The average molecular weight is 368 g/mol. The second-order valence-corrected chi connectivity index (χ2v) is 7.59. The van der Waals surface area contributed by atoms with E-state index in [9.17, 15) is 4.79 Å². The van der Waals surface area contributed by atoms with E-state index in [4.69, 9.17) is 0 Å². The molecule has 9 nitrogen and oxygen atoms in total. The van der Waals surface area contributed by atoms with E-state index < -0.39 is 0 Å². The van der Waals surface area contributed by atoms with Gasteiger partial charge in [0.15, 0.2) is 0 Å². The molecule has 1 aliphatic heterocycles. The van der Waals surface area contributed by atoms with Gasteiger partial charge in [-0.3, -0.25) is 9.48 Å². The number of hydrogen-bond donors (Lipinski definition) is 0. The lowest BCUT2D eigenvalue weighted by Crippen LogP contribution is -2.41. The van der Waals surface area contributed by atoms with Crippen LogP contribution in [0.4, 0.5) is 0 Å². The van der Waals surface area contributed by atoms with Crippen LogP contribution in [-0.4, -0.2) is 58.5 Å². The monoisotopic (exact) mass is 368 g/mol. The number of piperidine rings is 1. The molecule has 1 aliphatic rings. The maximum atomic E-state index is 12.8. The Bertz CT molecular complexity index is 897. The molecule has 0 radical (unpaired) electrons. The van der Waals surface area contributed by atoms with Crippen LogP contribution in [-0.2, 0) is 13.0 Å². The third-order valence-corrected chi connectivity index (χ3v) is 4.76. The van der Waals surface area contributed by atoms with Crippen molar-refractivity contribution in [1.82, 2.24) is 39.5 Å². The largest absolute Gasteiger partial charge is 0.336 e. The summed E-state index contributed by atoms with van der Waals surface area (Å²) in [5.74, 6) is 1.42. The number of carbonyl (C=O) groups excluding carboxylic acids is 1. The number of amides is 1. The van der Waals surface area contributed by atoms with Crippen molar-refractivity contribution < 1.29 is 4.79 Å². The fraction of sp³-hybridized carbons (Fsp3) is 0.556. The summed E-state index contributed by atoms with van der Waals surface area (Å²) in [7, 11) is 0. The zero-order chi connectivity index (χ0) is 18.8. The van der Waals surface area contributed by atoms with Crippen molar-refractivity contribution in [2.24, 2.45) is 11.8 Å². The smallest absolute Gasteiger partial charge is 0.293 e. The molecule has 1 atom stereocenters. The van der Waals surface area contributed by atoms with Crippen molar-refractivity contribution in [2.75, 3.05) is 13.1 Å². The van der Waals surface area contributed by atoms with Crippen molar-refractivity contribution in [3.63, 3.8) is 0 Å². The number of likely N-dealkylation sites (tertiary alicyclic amines) is 1. The molecular formula is C18H24N8O. The molecule has 142 valence electrons. The van der Waals surface area contributed by atoms with Crippen LogP contribution in [0.2, 0.25) is 0 Å². The molecule has 0 saturated carbocycles. The zero-order valence-electron chi connectivity index (χ0n) is 15.7. The summed E-state index contributed by atoms with van der Waals surface area (Å²) in [6, 6.07) is 1.76. The molecule has 0 aromatic carbocycles. The molecule has 0 N–H and O–H groups in total. The standard InChI is InChI=1S/C18H24N8O/c1-13(2)9-15-12-25(23-21-15)11-14-5-3-7-24(10-14)17(27)16-20-18-19-6-4-8-26(18)22-16/h4,6,8,12-14H,3,5,7,9-11H2,1-2H3/t14-/m0/s1. The van der Waals surface area contributed by atoms with Crippen molar-refractivity contribution in [3.8, 4) is 0 Å². The summed E-state index contributed by atoms with van der Waals surface area (Å²) in [6.07, 6.45) is 8.38. The lowest BCUT2D eigenvalue weighted by molar-refractivity contribution is 0.0647. The fourth-order valence-electron chi connectivity index (χ4n) is 3.57. The minimum Gasteiger partial charge on any atom is -0.336 e. The van der Waals surface area contributed by atoms with E-state index in [1.807, 2.05) is 15.8 Å². The quantitative estimate of drug-likeness (QED) is 0.677. The molecule has 0 bridgehead atoms. The lowest BCUT2D eigenvalue weighted by atomic mass is 9.98. The van der Waals surface area contributed by atoms with Crippen LogP contribution in [0.25, 0.3) is 5.78 Å².